The number of ketones is 1. The maximum Gasteiger partial charge on any atom is 0.228 e. The Balaban J connectivity index is 1.14. The average Bonchev–Trinajstić information content (AvgIpc) is 3.11. The molecule has 6 rings (SSSR count). The van der Waals surface area contributed by atoms with Gasteiger partial charge in [-0.2, -0.15) is 0 Å². The Labute approximate surface area is 292 Å². The third-order valence-corrected chi connectivity index (χ3v) is 10.0. The minimum atomic E-state index is -0.889. The molecule has 256 valence electrons. The van der Waals surface area contributed by atoms with Gasteiger partial charge in [-0.25, -0.2) is 0 Å². The van der Waals surface area contributed by atoms with Gasteiger partial charge in [-0.05, 0) is 66.3 Å². The van der Waals surface area contributed by atoms with Crippen molar-refractivity contribution in [2.75, 3.05) is 25.0 Å². The van der Waals surface area contributed by atoms with Crippen LogP contribution in [0.2, 0.25) is 5.02 Å². The van der Waals surface area contributed by atoms with Gasteiger partial charge in [-0.3, -0.25) is 9.59 Å². The van der Waals surface area contributed by atoms with Gasteiger partial charge >= 0.3 is 0 Å². The van der Waals surface area contributed by atoms with E-state index >= 15 is 0 Å². The Hall–Kier alpha value is -3.89. The van der Waals surface area contributed by atoms with Crippen molar-refractivity contribution in [3.63, 3.8) is 0 Å². The van der Waals surface area contributed by atoms with Crippen LogP contribution in [0.25, 0.3) is 0 Å². The number of hydrogen-bond donors (Lipinski definition) is 3. The van der Waals surface area contributed by atoms with Gasteiger partial charge in [0.05, 0.1) is 30.8 Å². The number of aliphatic hydroxyl groups excluding tert-OH is 1. The van der Waals surface area contributed by atoms with Crippen molar-refractivity contribution in [2.24, 2.45) is 5.92 Å². The molecule has 2 saturated heterocycles. The van der Waals surface area contributed by atoms with Crippen LogP contribution >= 0.6 is 11.6 Å². The number of benzene rings is 4. The minimum Gasteiger partial charge on any atom is -0.392 e. The molecular weight excluding hydrogens is 640 g/mol. The first-order chi connectivity index (χ1) is 23.6. The maximum atomic E-state index is 12.8. The first-order valence-electron chi connectivity index (χ1n) is 16.8. The highest BCUT2D eigenvalue weighted by atomic mass is 35.5. The second kappa shape index (κ2) is 15.3. The van der Waals surface area contributed by atoms with Crippen molar-refractivity contribution in [1.82, 2.24) is 4.90 Å². The number of halogens is 1. The molecule has 0 aromatic heterocycles. The second-order valence-electron chi connectivity index (χ2n) is 13.3. The van der Waals surface area contributed by atoms with Crippen molar-refractivity contribution in [1.29, 1.82) is 0 Å². The summed E-state index contributed by atoms with van der Waals surface area (Å²) in [7, 11) is 0. The van der Waals surface area contributed by atoms with Crippen LogP contribution in [0.1, 0.15) is 77.3 Å². The molecule has 1 amide bonds. The lowest BCUT2D eigenvalue weighted by Crippen LogP contribution is -2.49. The van der Waals surface area contributed by atoms with Crippen LogP contribution in [0.3, 0.4) is 0 Å². The first-order valence-corrected chi connectivity index (χ1v) is 17.2. The molecule has 4 aromatic rings. The number of aliphatic hydroxyl groups is 2. The number of piperidine rings is 1. The van der Waals surface area contributed by atoms with Crippen LogP contribution in [0.5, 0.6) is 0 Å². The summed E-state index contributed by atoms with van der Waals surface area (Å²) in [5.41, 5.74) is 4.67. The molecule has 4 atom stereocenters. The van der Waals surface area contributed by atoms with Gasteiger partial charge in [0.15, 0.2) is 12.1 Å². The lowest BCUT2D eigenvalue weighted by atomic mass is 9.84. The summed E-state index contributed by atoms with van der Waals surface area (Å²) in [5.74, 6) is -0.210. The zero-order valence-electron chi connectivity index (χ0n) is 27.8. The van der Waals surface area contributed by atoms with E-state index in [1.54, 1.807) is 24.3 Å². The van der Waals surface area contributed by atoms with Crippen LogP contribution in [-0.2, 0) is 32.9 Å². The van der Waals surface area contributed by atoms with E-state index in [1.807, 2.05) is 72.8 Å². The van der Waals surface area contributed by atoms with E-state index in [9.17, 15) is 19.8 Å². The van der Waals surface area contributed by atoms with Crippen molar-refractivity contribution >= 4 is 29.0 Å². The zero-order chi connectivity index (χ0) is 34.5. The normalized spacial score (nSPS) is 22.4. The molecule has 9 heteroatoms. The molecule has 2 aliphatic heterocycles. The van der Waals surface area contributed by atoms with Crippen molar-refractivity contribution in [2.45, 2.75) is 63.8 Å². The SMILES string of the molecule is CC(=O)c1cccc(NC(=O)Cc2ccc(C3OC(CN4CCC(O)(c5ccc(Cl)cc5)CC4)C(C)C(c4ccc(CO)cc4)O3)cc2)c1. The Bertz CT molecular complexity index is 1740. The fourth-order valence-electron chi connectivity index (χ4n) is 6.74. The Morgan fingerprint density at radius 3 is 2.20 bits per heavy atom. The number of nitrogens with zero attached hydrogens (tertiary/aromatic N) is 1. The van der Waals surface area contributed by atoms with Gasteiger partial charge < -0.3 is 29.9 Å². The largest absolute Gasteiger partial charge is 0.392 e. The van der Waals surface area contributed by atoms with Gasteiger partial charge in [0.2, 0.25) is 5.91 Å². The Morgan fingerprint density at radius 1 is 0.898 bits per heavy atom. The molecule has 0 spiro atoms. The molecule has 4 unspecified atom stereocenters. The number of nitrogens with one attached hydrogen (secondary N) is 1. The second-order valence-corrected chi connectivity index (χ2v) is 13.7. The third-order valence-electron chi connectivity index (χ3n) is 9.80. The van der Waals surface area contributed by atoms with Crippen molar-refractivity contribution < 1.29 is 29.3 Å². The van der Waals surface area contributed by atoms with Crippen LogP contribution < -0.4 is 5.32 Å². The highest BCUT2D eigenvalue weighted by molar-refractivity contribution is 6.30. The van der Waals surface area contributed by atoms with Gasteiger partial charge in [0.25, 0.3) is 0 Å². The fraction of sp³-hybridized carbons (Fsp3) is 0.350. The fourth-order valence-corrected chi connectivity index (χ4v) is 6.86. The number of carbonyl (C=O) groups is 2. The van der Waals surface area contributed by atoms with Crippen molar-refractivity contribution in [3.05, 3.63) is 135 Å². The molecule has 49 heavy (non-hydrogen) atoms. The number of anilines is 1. The molecule has 3 N–H and O–H groups in total. The Kier molecular flexibility index (Phi) is 10.9. The molecule has 0 aliphatic carbocycles. The zero-order valence-corrected chi connectivity index (χ0v) is 28.6. The lowest BCUT2D eigenvalue weighted by molar-refractivity contribution is -0.277. The van der Waals surface area contributed by atoms with Gasteiger partial charge in [-0.15, -0.1) is 0 Å². The van der Waals surface area contributed by atoms with Crippen LogP contribution in [-0.4, -0.2) is 52.5 Å². The van der Waals surface area contributed by atoms with Crippen molar-refractivity contribution in [3.8, 4) is 0 Å². The summed E-state index contributed by atoms with van der Waals surface area (Å²) < 4.78 is 13.3. The summed E-state index contributed by atoms with van der Waals surface area (Å²) in [6, 6.07) is 29.9. The van der Waals surface area contributed by atoms with Crippen LogP contribution in [0, 0.1) is 5.92 Å². The van der Waals surface area contributed by atoms with E-state index in [2.05, 4.69) is 17.1 Å². The van der Waals surface area contributed by atoms with Gasteiger partial charge in [0.1, 0.15) is 0 Å². The molecule has 2 heterocycles. The number of likely N-dealkylation sites (tertiary alicyclic amines) is 1. The number of ether oxygens (including phenoxy) is 2. The molecule has 0 saturated carbocycles. The predicted octanol–water partition coefficient (Wildman–Crippen LogP) is 6.99. The third kappa shape index (κ3) is 8.47. The monoisotopic (exact) mass is 682 g/mol. The maximum absolute atomic E-state index is 12.8. The molecule has 4 aromatic carbocycles. The molecule has 0 bridgehead atoms. The number of Topliss-reactive ketones (excluding diaryl/α,β-unsaturated/α-hetero) is 1. The predicted molar refractivity (Wildman–Crippen MR) is 189 cm³/mol. The van der Waals surface area contributed by atoms with Gasteiger partial charge in [-0.1, -0.05) is 91.3 Å². The summed E-state index contributed by atoms with van der Waals surface area (Å²) in [4.78, 5) is 26.9. The number of hydrogen-bond acceptors (Lipinski definition) is 7. The summed E-state index contributed by atoms with van der Waals surface area (Å²) in [6.45, 7) is 5.75. The average molecular weight is 683 g/mol. The van der Waals surface area contributed by atoms with Gasteiger partial charge in [0, 0.05) is 47.4 Å². The number of rotatable bonds is 10. The molecular formula is C40H43ClN2O6. The summed E-state index contributed by atoms with van der Waals surface area (Å²) in [6.07, 6.45) is 0.366. The highest BCUT2D eigenvalue weighted by Crippen LogP contribution is 2.42. The van der Waals surface area contributed by atoms with E-state index in [1.165, 1.54) is 6.92 Å². The first kappa shape index (κ1) is 35.0. The minimum absolute atomic E-state index is 0.0256. The van der Waals surface area contributed by atoms with Crippen LogP contribution in [0.15, 0.2) is 97.1 Å². The lowest BCUT2D eigenvalue weighted by Gasteiger charge is -2.45. The molecule has 2 aliphatic rings. The molecule has 0 radical (unpaired) electrons. The van der Waals surface area contributed by atoms with E-state index in [-0.39, 0.29) is 42.8 Å². The quantitative estimate of drug-likeness (QED) is 0.155. The van der Waals surface area contributed by atoms with Crippen LogP contribution in [0.4, 0.5) is 5.69 Å². The molecule has 2 fully saturated rings. The standard InChI is InChI=1S/C40H43ClN2O6/c1-26-36(24-43-20-18-40(47,19-21-43)33-14-16-34(41)17-15-33)48-39(49-38(26)30-10-8-29(25-44)9-11-30)31-12-6-28(7-13-31)22-37(46)42-35-5-3-4-32(23-35)27(2)45/h3-17,23,26,36,38-39,44,47H,18-22,24-25H2,1-2H3,(H,42,46). The Morgan fingerprint density at radius 2 is 1.55 bits per heavy atom. The molecule has 8 nitrogen and oxygen atoms in total. The van der Waals surface area contributed by atoms with E-state index < -0.39 is 11.9 Å². The van der Waals surface area contributed by atoms with E-state index in [4.69, 9.17) is 21.1 Å². The summed E-state index contributed by atoms with van der Waals surface area (Å²) in [5, 5.41) is 24.6. The van der Waals surface area contributed by atoms with E-state index in [0.29, 0.717) is 35.7 Å². The number of amides is 1. The van der Waals surface area contributed by atoms with E-state index in [0.717, 1.165) is 40.9 Å². The smallest absolute Gasteiger partial charge is 0.228 e. The topological polar surface area (TPSA) is 108 Å². The summed E-state index contributed by atoms with van der Waals surface area (Å²) >= 11 is 6.09. The highest BCUT2D eigenvalue weighted by Gasteiger charge is 2.41. The number of carbonyl (C=O) groups excluding carboxylic acids is 2.